The molecule has 1 aromatic carbocycles. The first-order valence-corrected chi connectivity index (χ1v) is 7.29. The zero-order valence-corrected chi connectivity index (χ0v) is 10.6. The van der Waals surface area contributed by atoms with Crippen LogP contribution in [0.4, 0.5) is 0 Å². The van der Waals surface area contributed by atoms with Gasteiger partial charge in [-0.3, -0.25) is 9.35 Å². The first kappa shape index (κ1) is 15.7. The summed E-state index contributed by atoms with van der Waals surface area (Å²) in [7, 11) is -3.98. The summed E-state index contributed by atoms with van der Waals surface area (Å²) < 4.78 is 30.9. The van der Waals surface area contributed by atoms with Crippen molar-refractivity contribution < 1.29 is 17.8 Å². The lowest BCUT2D eigenvalue weighted by Gasteiger charge is -2.30. The molecule has 1 aliphatic heterocycles. The van der Waals surface area contributed by atoms with E-state index in [2.05, 4.69) is 0 Å². The lowest BCUT2D eigenvalue weighted by molar-refractivity contribution is 0.0724. The molecule has 1 fully saturated rings. The number of hydrogen-bond donors (Lipinski definition) is 1. The van der Waals surface area contributed by atoms with Gasteiger partial charge in [0.05, 0.1) is 5.25 Å². The maximum atomic E-state index is 12.1. The third kappa shape index (κ3) is 3.78. The molecule has 1 aliphatic rings. The van der Waals surface area contributed by atoms with E-state index in [1.807, 2.05) is 6.07 Å². The Labute approximate surface area is 114 Å². The van der Waals surface area contributed by atoms with Crippen LogP contribution in [-0.4, -0.2) is 42.1 Å². The molecule has 6 heteroatoms. The van der Waals surface area contributed by atoms with Gasteiger partial charge in [0.1, 0.15) is 0 Å². The minimum Gasteiger partial charge on any atom is -0.339 e. The molecule has 0 unspecified atom stereocenters. The normalized spacial score (nSPS) is 16.8. The number of nitrogens with zero attached hydrogens (tertiary/aromatic N) is 1. The third-order valence-corrected chi connectivity index (χ3v) is 4.49. The van der Waals surface area contributed by atoms with Crippen LogP contribution in [0, 0.1) is 0 Å². The molecular formula is C13H19NO4S. The molecule has 1 amide bonds. The number of piperidine rings is 1. The van der Waals surface area contributed by atoms with Gasteiger partial charge < -0.3 is 4.90 Å². The Morgan fingerprint density at radius 1 is 1.16 bits per heavy atom. The number of carbonyl (C=O) groups excluding carboxylic acids is 1. The molecule has 0 bridgehead atoms. The second kappa shape index (κ2) is 6.16. The van der Waals surface area contributed by atoms with Crippen molar-refractivity contribution in [3.8, 4) is 0 Å². The molecule has 1 N–H and O–H groups in total. The van der Waals surface area contributed by atoms with Gasteiger partial charge in [0.25, 0.3) is 16.0 Å². The summed E-state index contributed by atoms with van der Waals surface area (Å²) >= 11 is 0. The van der Waals surface area contributed by atoms with E-state index in [9.17, 15) is 13.2 Å². The Hall–Kier alpha value is -1.40. The van der Waals surface area contributed by atoms with Gasteiger partial charge in [-0.25, -0.2) is 0 Å². The van der Waals surface area contributed by atoms with Crippen molar-refractivity contribution in [2.24, 2.45) is 0 Å². The van der Waals surface area contributed by atoms with Crippen LogP contribution < -0.4 is 0 Å². The minimum atomic E-state index is -3.98. The van der Waals surface area contributed by atoms with E-state index < -0.39 is 15.4 Å². The first-order valence-electron chi connectivity index (χ1n) is 5.79. The Morgan fingerprint density at radius 2 is 1.68 bits per heavy atom. The number of hydrogen-bond acceptors (Lipinski definition) is 3. The van der Waals surface area contributed by atoms with Crippen molar-refractivity contribution >= 4 is 16.0 Å². The van der Waals surface area contributed by atoms with Crippen LogP contribution in [0.2, 0.25) is 0 Å². The fourth-order valence-corrected chi connectivity index (χ4v) is 2.93. The zero-order chi connectivity index (χ0) is 13.2. The lowest BCUT2D eigenvalue weighted by Crippen LogP contribution is -2.42. The van der Waals surface area contributed by atoms with Crippen LogP contribution in [0.15, 0.2) is 30.3 Å². The third-order valence-electron chi connectivity index (χ3n) is 3.17. The van der Waals surface area contributed by atoms with E-state index in [0.29, 0.717) is 18.7 Å². The highest BCUT2D eigenvalue weighted by molar-refractivity contribution is 7.86. The van der Waals surface area contributed by atoms with E-state index >= 15 is 0 Å². The molecule has 5 nitrogen and oxygen atoms in total. The van der Waals surface area contributed by atoms with Crippen molar-refractivity contribution in [2.45, 2.75) is 25.5 Å². The van der Waals surface area contributed by atoms with Crippen molar-refractivity contribution in [3.05, 3.63) is 35.9 Å². The van der Waals surface area contributed by atoms with Crippen LogP contribution >= 0.6 is 0 Å². The van der Waals surface area contributed by atoms with Crippen LogP contribution in [-0.2, 0) is 10.1 Å². The van der Waals surface area contributed by atoms with Gasteiger partial charge in [0.2, 0.25) is 0 Å². The van der Waals surface area contributed by atoms with Gasteiger partial charge in [-0.05, 0) is 25.0 Å². The van der Waals surface area contributed by atoms with Crippen LogP contribution in [0.1, 0.15) is 30.6 Å². The molecule has 1 saturated heterocycles. The molecule has 2 rings (SSSR count). The number of benzene rings is 1. The zero-order valence-electron chi connectivity index (χ0n) is 9.82. The topological polar surface area (TPSA) is 74.7 Å². The molecule has 0 spiro atoms. The molecule has 106 valence electrons. The van der Waals surface area contributed by atoms with Gasteiger partial charge in [0.15, 0.2) is 0 Å². The Bertz CT molecular complexity index is 519. The maximum Gasteiger partial charge on any atom is 0.267 e. The van der Waals surface area contributed by atoms with Gasteiger partial charge in [0, 0.05) is 18.7 Å². The van der Waals surface area contributed by atoms with E-state index in [1.54, 1.807) is 29.2 Å². The summed E-state index contributed by atoms with van der Waals surface area (Å²) in [6, 6.07) is 8.88. The van der Waals surface area contributed by atoms with Crippen LogP contribution in [0.3, 0.4) is 0 Å². The quantitative estimate of drug-likeness (QED) is 0.841. The second-order valence-corrected chi connectivity index (χ2v) is 6.07. The molecule has 19 heavy (non-hydrogen) atoms. The van der Waals surface area contributed by atoms with Gasteiger partial charge in [-0.1, -0.05) is 25.6 Å². The summed E-state index contributed by atoms with van der Waals surface area (Å²) in [5.41, 5.74) is 0.600. The molecule has 0 saturated carbocycles. The molecule has 1 heterocycles. The minimum absolute atomic E-state index is 0. The highest BCUT2D eigenvalue weighted by Gasteiger charge is 2.30. The predicted octanol–water partition coefficient (Wildman–Crippen LogP) is 1.82. The molecule has 0 atom stereocenters. The summed E-state index contributed by atoms with van der Waals surface area (Å²) in [5, 5.41) is -0.739. The average molecular weight is 285 g/mol. The SMILES string of the molecule is C.O=C(c1ccccc1)N1CCC(S(=O)(=O)O)CC1. The lowest BCUT2D eigenvalue weighted by atomic mass is 10.1. The summed E-state index contributed by atoms with van der Waals surface area (Å²) in [6.45, 7) is 0.719. The summed E-state index contributed by atoms with van der Waals surface area (Å²) in [5.74, 6) is -0.0932. The molecular weight excluding hydrogens is 266 g/mol. The van der Waals surface area contributed by atoms with Crippen LogP contribution in [0.5, 0.6) is 0 Å². The monoisotopic (exact) mass is 285 g/mol. The van der Waals surface area contributed by atoms with Crippen molar-refractivity contribution in [1.82, 2.24) is 4.90 Å². The van der Waals surface area contributed by atoms with Gasteiger partial charge in [-0.2, -0.15) is 8.42 Å². The van der Waals surface area contributed by atoms with Gasteiger partial charge >= 0.3 is 0 Å². The molecule has 0 aliphatic carbocycles. The largest absolute Gasteiger partial charge is 0.339 e. The Kier molecular flexibility index (Phi) is 5.08. The Morgan fingerprint density at radius 3 is 2.16 bits per heavy atom. The summed E-state index contributed by atoms with van der Waals surface area (Å²) in [4.78, 5) is 13.7. The fourth-order valence-electron chi connectivity index (χ4n) is 2.12. The maximum absolute atomic E-state index is 12.1. The average Bonchev–Trinajstić information content (AvgIpc) is 2.38. The fraction of sp³-hybridized carbons (Fsp3) is 0.462. The van der Waals surface area contributed by atoms with Crippen molar-refractivity contribution in [3.63, 3.8) is 0 Å². The Balaban J connectivity index is 0.00000180. The van der Waals surface area contributed by atoms with Crippen molar-refractivity contribution in [2.75, 3.05) is 13.1 Å². The first-order chi connectivity index (χ1) is 8.48. The van der Waals surface area contributed by atoms with E-state index in [1.165, 1.54) is 0 Å². The number of rotatable bonds is 2. The van der Waals surface area contributed by atoms with Crippen LogP contribution in [0.25, 0.3) is 0 Å². The highest BCUT2D eigenvalue weighted by Crippen LogP contribution is 2.18. The second-order valence-electron chi connectivity index (χ2n) is 4.37. The molecule has 1 aromatic rings. The van der Waals surface area contributed by atoms with E-state index in [0.717, 1.165) is 0 Å². The number of likely N-dealkylation sites (tertiary alicyclic amines) is 1. The summed E-state index contributed by atoms with van der Waals surface area (Å²) in [6.07, 6.45) is 0.578. The smallest absolute Gasteiger partial charge is 0.267 e. The number of amides is 1. The van der Waals surface area contributed by atoms with Crippen molar-refractivity contribution in [1.29, 1.82) is 0 Å². The predicted molar refractivity (Wildman–Crippen MR) is 73.6 cm³/mol. The van der Waals surface area contributed by atoms with E-state index in [4.69, 9.17) is 4.55 Å². The highest BCUT2D eigenvalue weighted by atomic mass is 32.2. The molecule has 0 aromatic heterocycles. The standard InChI is InChI=1S/C12H15NO4S.CH4/c14-12(10-4-2-1-3-5-10)13-8-6-11(7-9-13)18(15,16)17;/h1-5,11H,6-9H2,(H,15,16,17);1H4. The molecule has 0 radical (unpaired) electrons. The number of carbonyl (C=O) groups is 1. The van der Waals surface area contributed by atoms with E-state index in [-0.39, 0.29) is 26.2 Å². The van der Waals surface area contributed by atoms with Gasteiger partial charge in [-0.15, -0.1) is 0 Å².